The number of aliphatic hydroxyl groups is 1. The van der Waals surface area contributed by atoms with Crippen molar-refractivity contribution in [3.63, 3.8) is 0 Å². The molecule has 1 atom stereocenters. The predicted molar refractivity (Wildman–Crippen MR) is 56.2 cm³/mol. The minimum Gasteiger partial charge on any atom is -0.396 e. The molecule has 0 fully saturated rings. The highest BCUT2D eigenvalue weighted by Crippen LogP contribution is 2.23. The Morgan fingerprint density at radius 3 is 2.38 bits per heavy atom. The molecule has 0 heterocycles. The van der Waals surface area contributed by atoms with Gasteiger partial charge in [0.1, 0.15) is 0 Å². The van der Waals surface area contributed by atoms with Crippen molar-refractivity contribution in [2.45, 2.75) is 25.7 Å². The van der Waals surface area contributed by atoms with Crippen LogP contribution in [-0.4, -0.2) is 11.7 Å². The zero-order chi connectivity index (χ0) is 9.68. The topological polar surface area (TPSA) is 20.2 Å². The second-order valence-corrected chi connectivity index (χ2v) is 3.61. The summed E-state index contributed by atoms with van der Waals surface area (Å²) in [6.07, 6.45) is 1.89. The van der Waals surface area contributed by atoms with Gasteiger partial charge in [-0.1, -0.05) is 30.7 Å². The highest BCUT2D eigenvalue weighted by Gasteiger charge is 2.07. The zero-order valence-corrected chi connectivity index (χ0v) is 8.59. The molecular weight excluding hydrogens is 184 g/mol. The quantitative estimate of drug-likeness (QED) is 0.788. The van der Waals surface area contributed by atoms with E-state index in [1.54, 1.807) is 0 Å². The van der Waals surface area contributed by atoms with Crippen LogP contribution < -0.4 is 0 Å². The lowest BCUT2D eigenvalue weighted by atomic mass is 9.94. The van der Waals surface area contributed by atoms with Crippen LogP contribution in [0.1, 0.15) is 31.2 Å². The van der Waals surface area contributed by atoms with Gasteiger partial charge in [0.25, 0.3) is 0 Å². The van der Waals surface area contributed by atoms with Crippen LogP contribution in [0.4, 0.5) is 0 Å². The van der Waals surface area contributed by atoms with Gasteiger partial charge in [-0.05, 0) is 36.5 Å². The van der Waals surface area contributed by atoms with Crippen molar-refractivity contribution in [2.24, 2.45) is 0 Å². The van der Waals surface area contributed by atoms with Crippen molar-refractivity contribution < 1.29 is 5.11 Å². The van der Waals surface area contributed by atoms with Crippen LogP contribution in [0.2, 0.25) is 5.02 Å². The van der Waals surface area contributed by atoms with E-state index in [2.05, 4.69) is 6.92 Å². The summed E-state index contributed by atoms with van der Waals surface area (Å²) in [5, 5.41) is 9.62. The molecule has 0 aliphatic carbocycles. The van der Waals surface area contributed by atoms with Gasteiger partial charge in [0, 0.05) is 11.6 Å². The lowest BCUT2D eigenvalue weighted by Crippen LogP contribution is -1.99. The van der Waals surface area contributed by atoms with Crippen molar-refractivity contribution in [1.29, 1.82) is 0 Å². The first-order chi connectivity index (χ1) is 6.27. The van der Waals surface area contributed by atoms with Crippen LogP contribution in [0.5, 0.6) is 0 Å². The fraction of sp³-hybridized carbons (Fsp3) is 0.455. The van der Waals surface area contributed by atoms with E-state index in [1.807, 2.05) is 24.3 Å². The maximum Gasteiger partial charge on any atom is 0.0436 e. The van der Waals surface area contributed by atoms with E-state index in [9.17, 15) is 0 Å². The van der Waals surface area contributed by atoms with Gasteiger partial charge in [0.2, 0.25) is 0 Å². The second kappa shape index (κ2) is 5.25. The Balaban J connectivity index is 2.73. The summed E-state index contributed by atoms with van der Waals surface area (Å²) in [4.78, 5) is 0. The number of aliphatic hydroxyl groups excluding tert-OH is 1. The van der Waals surface area contributed by atoms with Gasteiger partial charge >= 0.3 is 0 Å². The molecule has 1 nitrogen and oxygen atoms in total. The molecule has 0 aromatic heterocycles. The maximum atomic E-state index is 8.86. The summed E-state index contributed by atoms with van der Waals surface area (Å²) in [5.41, 5.74) is 1.26. The molecule has 1 N–H and O–H groups in total. The minimum atomic E-state index is 0.251. The summed E-state index contributed by atoms with van der Waals surface area (Å²) in [6.45, 7) is 2.38. The maximum absolute atomic E-state index is 8.86. The Kier molecular flexibility index (Phi) is 4.26. The van der Waals surface area contributed by atoms with Crippen molar-refractivity contribution in [3.05, 3.63) is 34.9 Å². The van der Waals surface area contributed by atoms with Gasteiger partial charge in [0.05, 0.1) is 0 Å². The summed E-state index contributed by atoms with van der Waals surface area (Å²) in [5.74, 6) is 0.460. The van der Waals surface area contributed by atoms with Crippen LogP contribution >= 0.6 is 11.6 Å². The lowest BCUT2D eigenvalue weighted by molar-refractivity contribution is 0.274. The first kappa shape index (κ1) is 10.6. The summed E-state index contributed by atoms with van der Waals surface area (Å²) in [7, 11) is 0. The third-order valence-electron chi connectivity index (χ3n) is 2.31. The number of rotatable bonds is 4. The van der Waals surface area contributed by atoms with E-state index < -0.39 is 0 Å². The molecule has 0 amide bonds. The molecule has 72 valence electrons. The van der Waals surface area contributed by atoms with Gasteiger partial charge in [-0.15, -0.1) is 0 Å². The van der Waals surface area contributed by atoms with Crippen molar-refractivity contribution >= 4 is 11.6 Å². The van der Waals surface area contributed by atoms with E-state index in [0.717, 1.165) is 17.9 Å². The largest absolute Gasteiger partial charge is 0.396 e. The van der Waals surface area contributed by atoms with Crippen LogP contribution in [0, 0.1) is 0 Å². The molecule has 0 saturated carbocycles. The standard InChI is InChI=1S/C11H15ClO/c1-2-9(7-8-13)10-3-5-11(12)6-4-10/h3-6,9,13H,2,7-8H2,1H3/t9-/m0/s1. The monoisotopic (exact) mass is 198 g/mol. The average molecular weight is 199 g/mol. The third kappa shape index (κ3) is 3.02. The first-order valence-electron chi connectivity index (χ1n) is 4.64. The van der Waals surface area contributed by atoms with E-state index in [-0.39, 0.29) is 6.61 Å². The van der Waals surface area contributed by atoms with Crippen molar-refractivity contribution in [3.8, 4) is 0 Å². The highest BCUT2D eigenvalue weighted by atomic mass is 35.5. The van der Waals surface area contributed by atoms with E-state index in [4.69, 9.17) is 16.7 Å². The van der Waals surface area contributed by atoms with Gasteiger partial charge in [0.15, 0.2) is 0 Å². The summed E-state index contributed by atoms with van der Waals surface area (Å²) in [6, 6.07) is 7.87. The van der Waals surface area contributed by atoms with Gasteiger partial charge in [-0.3, -0.25) is 0 Å². The van der Waals surface area contributed by atoms with Gasteiger partial charge < -0.3 is 5.11 Å². The summed E-state index contributed by atoms with van der Waals surface area (Å²) < 4.78 is 0. The molecule has 0 saturated heterocycles. The molecule has 0 unspecified atom stereocenters. The Morgan fingerprint density at radius 1 is 1.31 bits per heavy atom. The minimum absolute atomic E-state index is 0.251. The van der Waals surface area contributed by atoms with E-state index in [0.29, 0.717) is 5.92 Å². The molecule has 1 aromatic carbocycles. The number of hydrogen-bond donors (Lipinski definition) is 1. The molecule has 2 heteroatoms. The SMILES string of the molecule is CC[C@@H](CCO)c1ccc(Cl)cc1. The Labute approximate surface area is 84.4 Å². The lowest BCUT2D eigenvalue weighted by Gasteiger charge is -2.13. The number of benzene rings is 1. The summed E-state index contributed by atoms with van der Waals surface area (Å²) >= 11 is 5.79. The average Bonchev–Trinajstić information content (AvgIpc) is 2.16. The van der Waals surface area contributed by atoms with Crippen LogP contribution in [0.25, 0.3) is 0 Å². The molecule has 0 radical (unpaired) electrons. The molecule has 1 aromatic rings. The smallest absolute Gasteiger partial charge is 0.0436 e. The second-order valence-electron chi connectivity index (χ2n) is 3.17. The molecular formula is C11H15ClO. The van der Waals surface area contributed by atoms with Crippen molar-refractivity contribution in [1.82, 2.24) is 0 Å². The predicted octanol–water partition coefficient (Wildman–Crippen LogP) is 3.22. The fourth-order valence-corrected chi connectivity index (χ4v) is 1.62. The number of hydrogen-bond acceptors (Lipinski definition) is 1. The van der Waals surface area contributed by atoms with Gasteiger partial charge in [-0.25, -0.2) is 0 Å². The van der Waals surface area contributed by atoms with E-state index >= 15 is 0 Å². The molecule has 0 aliphatic rings. The Bertz CT molecular complexity index is 243. The van der Waals surface area contributed by atoms with Crippen LogP contribution in [-0.2, 0) is 0 Å². The molecule has 0 bridgehead atoms. The van der Waals surface area contributed by atoms with E-state index in [1.165, 1.54) is 5.56 Å². The molecule has 0 spiro atoms. The first-order valence-corrected chi connectivity index (χ1v) is 5.02. The van der Waals surface area contributed by atoms with Gasteiger partial charge in [-0.2, -0.15) is 0 Å². The Hall–Kier alpha value is -0.530. The third-order valence-corrected chi connectivity index (χ3v) is 2.56. The fourth-order valence-electron chi connectivity index (χ4n) is 1.50. The zero-order valence-electron chi connectivity index (χ0n) is 7.83. The molecule has 13 heavy (non-hydrogen) atoms. The normalized spacial score (nSPS) is 12.8. The molecule has 1 rings (SSSR count). The molecule has 0 aliphatic heterocycles. The number of halogens is 1. The highest BCUT2D eigenvalue weighted by molar-refractivity contribution is 6.30. The van der Waals surface area contributed by atoms with Crippen LogP contribution in [0.15, 0.2) is 24.3 Å². The van der Waals surface area contributed by atoms with Crippen molar-refractivity contribution in [2.75, 3.05) is 6.61 Å². The Morgan fingerprint density at radius 2 is 1.92 bits per heavy atom. The van der Waals surface area contributed by atoms with Crippen LogP contribution in [0.3, 0.4) is 0 Å².